The van der Waals surface area contributed by atoms with Crippen molar-refractivity contribution in [3.63, 3.8) is 0 Å². The van der Waals surface area contributed by atoms with Crippen molar-refractivity contribution in [3.05, 3.63) is 53.5 Å². The predicted octanol–water partition coefficient (Wildman–Crippen LogP) is 5.46. The van der Waals surface area contributed by atoms with Crippen LogP contribution in [0.1, 0.15) is 37.9 Å². The fraction of sp³-hybridized carbons (Fsp3) is 0.333. The van der Waals surface area contributed by atoms with Gasteiger partial charge in [0.15, 0.2) is 11.0 Å². The fourth-order valence-corrected chi connectivity index (χ4v) is 5.51. The maximum Gasteiger partial charge on any atom is 0.233 e. The van der Waals surface area contributed by atoms with Crippen molar-refractivity contribution in [1.29, 1.82) is 0 Å². The fourth-order valence-electron chi connectivity index (χ4n) is 3.46. The second kappa shape index (κ2) is 9.93. The first kappa shape index (κ1) is 23.3. The number of para-hydroxylation sites is 1. The molecule has 1 amide bonds. The normalized spacial score (nSPS) is 12.3. The van der Waals surface area contributed by atoms with E-state index in [1.807, 2.05) is 56.4 Å². The van der Waals surface area contributed by atoms with Crippen LogP contribution in [-0.4, -0.2) is 50.5 Å². The molecule has 2 aromatic carbocycles. The van der Waals surface area contributed by atoms with Gasteiger partial charge in [0.05, 0.1) is 29.1 Å². The van der Waals surface area contributed by atoms with E-state index in [4.69, 9.17) is 9.72 Å². The third-order valence-electron chi connectivity index (χ3n) is 5.50. The Hall–Kier alpha value is -2.91. The number of nitrogens with zero attached hydrogens (tertiary/aromatic N) is 5. The third-order valence-corrected chi connectivity index (χ3v) is 7.63. The number of ether oxygens (including phenoxy) is 1. The van der Waals surface area contributed by atoms with Crippen molar-refractivity contribution in [2.24, 2.45) is 0 Å². The molecule has 0 saturated heterocycles. The molecule has 7 nitrogen and oxygen atoms in total. The van der Waals surface area contributed by atoms with E-state index in [2.05, 4.69) is 34.7 Å². The van der Waals surface area contributed by atoms with Crippen LogP contribution in [0.4, 0.5) is 0 Å². The number of carbonyl (C=O) groups excluding carboxylic acids is 1. The van der Waals surface area contributed by atoms with Gasteiger partial charge in [-0.1, -0.05) is 23.9 Å². The van der Waals surface area contributed by atoms with Crippen LogP contribution in [0.3, 0.4) is 0 Å². The van der Waals surface area contributed by atoms with Gasteiger partial charge in [-0.15, -0.1) is 21.5 Å². The van der Waals surface area contributed by atoms with Crippen LogP contribution in [-0.2, 0) is 4.79 Å². The van der Waals surface area contributed by atoms with Crippen LogP contribution in [0.5, 0.6) is 5.75 Å². The molecule has 0 N–H and O–H groups in total. The number of thioether (sulfide) groups is 1. The molecule has 4 aromatic rings. The summed E-state index contributed by atoms with van der Waals surface area (Å²) in [6.07, 6.45) is 0. The molecule has 172 valence electrons. The van der Waals surface area contributed by atoms with Crippen LogP contribution >= 0.6 is 23.1 Å². The summed E-state index contributed by atoms with van der Waals surface area (Å²) in [6, 6.07) is 15.8. The lowest BCUT2D eigenvalue weighted by Gasteiger charge is -2.23. The Bertz CT molecular complexity index is 1220. The number of benzene rings is 2. The average Bonchev–Trinajstić information content (AvgIpc) is 3.46. The number of hydrogen-bond acceptors (Lipinski definition) is 7. The first-order valence-corrected chi connectivity index (χ1v) is 12.5. The van der Waals surface area contributed by atoms with E-state index in [1.165, 1.54) is 11.8 Å². The highest BCUT2D eigenvalue weighted by Crippen LogP contribution is 2.31. The van der Waals surface area contributed by atoms with Crippen molar-refractivity contribution in [2.75, 3.05) is 19.9 Å². The molecular formula is C24H27N5O2S2. The molecule has 1 unspecified atom stereocenters. The minimum absolute atomic E-state index is 0.0241. The third kappa shape index (κ3) is 4.89. The van der Waals surface area contributed by atoms with Crippen molar-refractivity contribution in [2.45, 2.75) is 38.0 Å². The number of carbonyl (C=O) groups is 1. The van der Waals surface area contributed by atoms with Crippen LogP contribution in [0, 0.1) is 0 Å². The van der Waals surface area contributed by atoms with Gasteiger partial charge < -0.3 is 9.64 Å². The molecule has 4 rings (SSSR count). The lowest BCUT2D eigenvalue weighted by Crippen LogP contribution is -2.31. The molecule has 9 heteroatoms. The van der Waals surface area contributed by atoms with Gasteiger partial charge in [-0.05, 0) is 57.2 Å². The Balaban J connectivity index is 1.47. The summed E-state index contributed by atoms with van der Waals surface area (Å²) >= 11 is 3.04. The zero-order chi connectivity index (χ0) is 23.5. The molecule has 0 aliphatic heterocycles. The molecule has 0 aliphatic carbocycles. The van der Waals surface area contributed by atoms with Crippen molar-refractivity contribution in [1.82, 2.24) is 24.6 Å². The summed E-state index contributed by atoms with van der Waals surface area (Å²) < 4.78 is 8.45. The number of thiazole rings is 1. The van der Waals surface area contributed by atoms with Gasteiger partial charge in [0.25, 0.3) is 0 Å². The van der Waals surface area contributed by atoms with Gasteiger partial charge in [-0.3, -0.25) is 9.36 Å². The number of fused-ring (bicyclic) bond motifs is 1. The van der Waals surface area contributed by atoms with E-state index in [9.17, 15) is 4.79 Å². The lowest BCUT2D eigenvalue weighted by molar-refractivity contribution is -0.128. The van der Waals surface area contributed by atoms with E-state index in [1.54, 1.807) is 23.3 Å². The zero-order valence-corrected chi connectivity index (χ0v) is 21.0. The molecule has 0 saturated carbocycles. The Morgan fingerprint density at radius 2 is 1.85 bits per heavy atom. The van der Waals surface area contributed by atoms with Crippen molar-refractivity contribution < 1.29 is 9.53 Å². The summed E-state index contributed by atoms with van der Waals surface area (Å²) in [6.45, 7) is 6.19. The predicted molar refractivity (Wildman–Crippen MR) is 134 cm³/mol. The monoisotopic (exact) mass is 481 g/mol. The summed E-state index contributed by atoms with van der Waals surface area (Å²) in [5.74, 6) is 1.87. The molecule has 33 heavy (non-hydrogen) atoms. The second-order valence-corrected chi connectivity index (χ2v) is 9.99. The maximum atomic E-state index is 13.0. The van der Waals surface area contributed by atoms with Gasteiger partial charge >= 0.3 is 0 Å². The molecule has 1 atom stereocenters. The summed E-state index contributed by atoms with van der Waals surface area (Å²) in [5.41, 5.74) is 1.92. The number of aromatic nitrogens is 4. The van der Waals surface area contributed by atoms with E-state index >= 15 is 0 Å². The minimum atomic E-state index is -0.103. The van der Waals surface area contributed by atoms with Gasteiger partial charge in [0.2, 0.25) is 5.91 Å². The zero-order valence-electron chi connectivity index (χ0n) is 19.3. The Kier molecular flexibility index (Phi) is 6.99. The quantitative estimate of drug-likeness (QED) is 0.311. The van der Waals surface area contributed by atoms with Crippen LogP contribution < -0.4 is 4.74 Å². The summed E-state index contributed by atoms with van der Waals surface area (Å²) in [4.78, 5) is 19.4. The molecule has 2 heterocycles. The minimum Gasteiger partial charge on any atom is -0.497 e. The van der Waals surface area contributed by atoms with Gasteiger partial charge in [-0.25, -0.2) is 4.98 Å². The number of hydrogen-bond donors (Lipinski definition) is 0. The average molecular weight is 482 g/mol. The van der Waals surface area contributed by atoms with Crippen LogP contribution in [0.15, 0.2) is 53.7 Å². The molecule has 0 spiro atoms. The highest BCUT2D eigenvalue weighted by molar-refractivity contribution is 7.99. The Labute approximate surface area is 201 Å². The molecular weight excluding hydrogens is 454 g/mol. The molecule has 0 radical (unpaired) electrons. The topological polar surface area (TPSA) is 73.1 Å². The largest absolute Gasteiger partial charge is 0.497 e. The van der Waals surface area contributed by atoms with Crippen LogP contribution in [0.25, 0.3) is 21.6 Å². The SMILES string of the molecule is COc1ccc(-c2nnc(SCC(=O)N(C)C(C)c3nc4ccccc4s3)n2C(C)C)cc1. The molecule has 2 aromatic heterocycles. The van der Waals surface area contributed by atoms with Crippen molar-refractivity contribution in [3.8, 4) is 17.1 Å². The van der Waals surface area contributed by atoms with Gasteiger partial charge in [0.1, 0.15) is 10.8 Å². The molecule has 0 bridgehead atoms. The first-order chi connectivity index (χ1) is 15.9. The maximum absolute atomic E-state index is 13.0. The number of methoxy groups -OCH3 is 1. The van der Waals surface area contributed by atoms with E-state index in [0.29, 0.717) is 0 Å². The van der Waals surface area contributed by atoms with Gasteiger partial charge in [0, 0.05) is 18.7 Å². The lowest BCUT2D eigenvalue weighted by atomic mass is 10.2. The Morgan fingerprint density at radius 3 is 2.52 bits per heavy atom. The summed E-state index contributed by atoms with van der Waals surface area (Å²) in [5, 5.41) is 10.5. The summed E-state index contributed by atoms with van der Waals surface area (Å²) in [7, 11) is 3.47. The smallest absolute Gasteiger partial charge is 0.233 e. The van der Waals surface area contributed by atoms with E-state index in [-0.39, 0.29) is 23.7 Å². The number of amides is 1. The van der Waals surface area contributed by atoms with Crippen molar-refractivity contribution >= 4 is 39.2 Å². The highest BCUT2D eigenvalue weighted by atomic mass is 32.2. The molecule has 0 fully saturated rings. The highest BCUT2D eigenvalue weighted by Gasteiger charge is 2.23. The molecule has 0 aliphatic rings. The van der Waals surface area contributed by atoms with Crippen LogP contribution in [0.2, 0.25) is 0 Å². The Morgan fingerprint density at radius 1 is 1.12 bits per heavy atom. The second-order valence-electron chi connectivity index (χ2n) is 7.99. The standard InChI is InChI=1S/C24H27N5O2S2/c1-15(2)29-22(17-10-12-18(31-5)13-11-17)26-27-24(29)32-14-21(30)28(4)16(3)23-25-19-8-6-7-9-20(19)33-23/h6-13,15-16H,14H2,1-5H3. The van der Waals surface area contributed by atoms with E-state index in [0.717, 1.165) is 37.5 Å². The van der Waals surface area contributed by atoms with Gasteiger partial charge in [-0.2, -0.15) is 0 Å². The first-order valence-electron chi connectivity index (χ1n) is 10.7. The van der Waals surface area contributed by atoms with E-state index < -0.39 is 0 Å². The number of rotatable bonds is 8.